The molecule has 6 nitrogen and oxygen atoms in total. The van der Waals surface area contributed by atoms with Gasteiger partial charge in [-0.25, -0.2) is 0 Å². The van der Waals surface area contributed by atoms with E-state index in [9.17, 15) is 0 Å². The largest absolute Gasteiger partial charge is 0.374 e. The Morgan fingerprint density at radius 1 is 0.172 bits per heavy atom. The minimum absolute atomic E-state index is 0.387. The fraction of sp³-hybridized carbons (Fsp3) is 1.00. The first-order chi connectivity index (χ1) is 41.8. The fourth-order valence-electron chi connectivity index (χ4n) is 24.5. The standard InChI is InChI=1S/3C15H29N.3C14H26O/c3*1-14(2,3)12-11-7-9-16(10-8-11)13(12)15(4,5)6;3*1-13(2,3)11-9-7-8-10(15-9)12(11)14(4,5)6/h3*11-13H,7-10H2,1-6H3;3*9-12H,7-8H2,1-6H3/t12-,13+;2*12-,13-;9-,10+,11-,12+;2*9-,10+,11-,12-/m110.10/s1. The molecule has 93 heavy (non-hydrogen) atoms. The molecule has 15 fully saturated rings. The van der Waals surface area contributed by atoms with Crippen molar-refractivity contribution in [1.29, 1.82) is 0 Å². The van der Waals surface area contributed by atoms with Gasteiger partial charge in [0, 0.05) is 18.1 Å². The highest BCUT2D eigenvalue weighted by molar-refractivity contribution is 5.09. The molecule has 0 unspecified atom stereocenters. The summed E-state index contributed by atoms with van der Waals surface area (Å²) in [6, 6.07) is 2.37. The Bertz CT molecular complexity index is 1910. The van der Waals surface area contributed by atoms with E-state index in [0.717, 1.165) is 89.1 Å². The van der Waals surface area contributed by atoms with Gasteiger partial charge < -0.3 is 14.2 Å². The van der Waals surface area contributed by atoms with Crippen molar-refractivity contribution in [2.45, 2.75) is 381 Å². The number of rotatable bonds is 0. The summed E-state index contributed by atoms with van der Waals surface area (Å²) in [6.07, 6.45) is 19.6. The molecule has 15 heterocycles. The monoisotopic (exact) mass is 1300 g/mol. The first kappa shape index (κ1) is 80.1. The third-order valence-corrected chi connectivity index (χ3v) is 26.9. The van der Waals surface area contributed by atoms with Gasteiger partial charge in [-0.15, -0.1) is 0 Å². The van der Waals surface area contributed by atoms with E-state index >= 15 is 0 Å². The number of fused-ring (bicyclic) bond motifs is 15. The molecule has 15 aliphatic heterocycles. The molecule has 12 bridgehead atoms. The van der Waals surface area contributed by atoms with Gasteiger partial charge in [0.1, 0.15) is 0 Å². The van der Waals surface area contributed by atoms with Crippen LogP contribution in [0.2, 0.25) is 0 Å². The Labute approximate surface area is 582 Å². The van der Waals surface area contributed by atoms with Gasteiger partial charge in [-0.1, -0.05) is 249 Å². The lowest BCUT2D eigenvalue weighted by Crippen LogP contribution is -2.62. The average Bonchev–Trinajstić information content (AvgIpc) is 1.11. The van der Waals surface area contributed by atoms with Crippen molar-refractivity contribution >= 4 is 0 Å². The SMILES string of the molecule is CC(C)(C)[C@@H]1C2CCN(CC2)[C@@H]1C(C)(C)C.CC(C)(C)[C@@H]1C2CCN(CC2)[C@H]1C(C)(C)C.CC(C)(C)[C@@H]1[C@@H](C(C)(C)C)C2CCN1CC2.CC(C)(C)[C@@H]1[C@@H](C(C)(C)C)[C@H]2CC[C@@H]1O2.CC(C)(C)[C@@H]1[C@H](C(C)(C)C)[C@H]2CC[C@@H]1O2.CC(C)(C)[C@H]1[C@H](C(C)(C)C)[C@H]2CC[C@@H]1O2. The van der Waals surface area contributed by atoms with Crippen molar-refractivity contribution in [2.24, 2.45) is 136 Å². The summed E-state index contributed by atoms with van der Waals surface area (Å²) in [7, 11) is 0. The molecule has 0 aromatic carbocycles. The predicted octanol–water partition coefficient (Wildman–Crippen LogP) is 23.0. The van der Waals surface area contributed by atoms with Crippen LogP contribution in [0.4, 0.5) is 0 Å². The van der Waals surface area contributed by atoms with Crippen molar-refractivity contribution < 1.29 is 14.2 Å². The van der Waals surface area contributed by atoms with Gasteiger partial charge in [0.05, 0.1) is 36.6 Å². The number of hydrogen-bond donors (Lipinski definition) is 0. The van der Waals surface area contributed by atoms with Crippen LogP contribution in [0.5, 0.6) is 0 Å². The maximum Gasteiger partial charge on any atom is 0.0617 e. The number of ether oxygens (including phenoxy) is 3. The summed E-state index contributed by atoms with van der Waals surface area (Å²) < 4.78 is 18.5. The summed E-state index contributed by atoms with van der Waals surface area (Å²) >= 11 is 0. The highest BCUT2D eigenvalue weighted by Crippen LogP contribution is 2.61. The maximum absolute atomic E-state index is 6.15. The molecule has 0 spiro atoms. The van der Waals surface area contributed by atoms with E-state index in [1.807, 2.05) is 0 Å². The molecule has 0 amide bonds. The van der Waals surface area contributed by atoms with Crippen LogP contribution in [0.25, 0.3) is 0 Å². The molecule has 0 N–H and O–H groups in total. The summed E-state index contributed by atoms with van der Waals surface area (Å²) in [5.41, 5.74) is 4.98. The van der Waals surface area contributed by atoms with Crippen LogP contribution in [-0.4, -0.2) is 109 Å². The molecule has 15 saturated heterocycles. The smallest absolute Gasteiger partial charge is 0.0617 e. The molecule has 15 aliphatic rings. The molecule has 0 radical (unpaired) electrons. The van der Waals surface area contributed by atoms with Gasteiger partial charge in [-0.05, 0) is 252 Å². The zero-order valence-electron chi connectivity index (χ0n) is 69.4. The normalized spacial score (nSPS) is 40.6. The van der Waals surface area contributed by atoms with Crippen molar-refractivity contribution in [1.82, 2.24) is 14.7 Å². The van der Waals surface area contributed by atoms with Gasteiger partial charge >= 0.3 is 0 Å². The van der Waals surface area contributed by atoms with Gasteiger partial charge in [0.25, 0.3) is 0 Å². The Morgan fingerprint density at radius 2 is 0.301 bits per heavy atom. The van der Waals surface area contributed by atoms with Crippen LogP contribution >= 0.6 is 0 Å². The summed E-state index contributed by atoms with van der Waals surface area (Å²) in [5, 5.41) is 0. The van der Waals surface area contributed by atoms with Crippen molar-refractivity contribution in [3.63, 3.8) is 0 Å². The lowest BCUT2D eigenvalue weighted by atomic mass is 9.57. The van der Waals surface area contributed by atoms with Gasteiger partial charge in [0.2, 0.25) is 0 Å². The van der Waals surface area contributed by atoms with Crippen LogP contribution < -0.4 is 0 Å². The van der Waals surface area contributed by atoms with E-state index < -0.39 is 0 Å². The molecular weight excluding hydrogens is 1130 g/mol. The first-order valence-corrected chi connectivity index (χ1v) is 39.9. The van der Waals surface area contributed by atoms with E-state index in [-0.39, 0.29) is 0 Å². The average molecular weight is 1300 g/mol. The minimum atomic E-state index is 0.387. The number of piperidine rings is 9. The molecule has 0 aliphatic carbocycles. The highest BCUT2D eigenvalue weighted by Gasteiger charge is 2.60. The third kappa shape index (κ3) is 18.3. The Kier molecular flexibility index (Phi) is 24.0. The van der Waals surface area contributed by atoms with Crippen molar-refractivity contribution in [3.8, 4) is 0 Å². The minimum Gasteiger partial charge on any atom is -0.374 e. The first-order valence-electron chi connectivity index (χ1n) is 39.9. The van der Waals surface area contributed by atoms with E-state index in [2.05, 4.69) is 264 Å². The Balaban J connectivity index is 0.000000158. The molecule has 546 valence electrons. The molecule has 0 aromatic rings. The predicted molar refractivity (Wildman–Crippen MR) is 403 cm³/mol. The third-order valence-electron chi connectivity index (χ3n) is 26.9. The quantitative estimate of drug-likeness (QED) is 0.241. The van der Waals surface area contributed by atoms with Gasteiger partial charge in [0.15, 0.2) is 0 Å². The van der Waals surface area contributed by atoms with Crippen molar-refractivity contribution in [2.75, 3.05) is 39.3 Å². The van der Waals surface area contributed by atoms with E-state index in [1.165, 1.54) is 116 Å². The second-order valence-electron chi connectivity index (χ2n) is 47.0. The fourth-order valence-corrected chi connectivity index (χ4v) is 24.5. The van der Waals surface area contributed by atoms with E-state index in [0.29, 0.717) is 102 Å². The Morgan fingerprint density at radius 3 is 0.398 bits per heavy atom. The van der Waals surface area contributed by atoms with E-state index in [1.54, 1.807) is 0 Å². The zero-order chi connectivity index (χ0) is 70.7. The lowest BCUT2D eigenvalue weighted by Gasteiger charge is -2.59. The van der Waals surface area contributed by atoms with E-state index in [4.69, 9.17) is 14.2 Å². The second-order valence-corrected chi connectivity index (χ2v) is 47.0. The van der Waals surface area contributed by atoms with Gasteiger partial charge in [-0.2, -0.15) is 0 Å². The van der Waals surface area contributed by atoms with Crippen LogP contribution in [0.3, 0.4) is 0 Å². The molecule has 6 heteroatoms. The summed E-state index contributed by atoms with van der Waals surface area (Å²) in [6.45, 7) is 94.7. The van der Waals surface area contributed by atoms with Crippen molar-refractivity contribution in [3.05, 3.63) is 0 Å². The lowest BCUT2D eigenvalue weighted by molar-refractivity contribution is -0.101. The van der Waals surface area contributed by atoms with Crippen LogP contribution in [-0.2, 0) is 14.2 Å². The number of nitrogens with zero attached hydrogens (tertiary/aromatic N) is 3. The van der Waals surface area contributed by atoms with Crippen LogP contribution in [0.15, 0.2) is 0 Å². The molecule has 0 saturated carbocycles. The zero-order valence-corrected chi connectivity index (χ0v) is 69.4. The van der Waals surface area contributed by atoms with Gasteiger partial charge in [-0.3, -0.25) is 14.7 Å². The Hall–Kier alpha value is -0.240. The molecule has 18 atom stereocenters. The summed E-state index contributed by atoms with van der Waals surface area (Å²) in [5.74, 6) is 10.1. The van der Waals surface area contributed by atoms with Crippen LogP contribution in [0, 0.1) is 136 Å². The second kappa shape index (κ2) is 27.8. The highest BCUT2D eigenvalue weighted by atomic mass is 16.5. The summed E-state index contributed by atoms with van der Waals surface area (Å²) in [4.78, 5) is 8.32. The topological polar surface area (TPSA) is 37.4 Å². The molecule has 0 aromatic heterocycles. The molecular formula is C87H165N3O3. The molecule has 15 rings (SSSR count). The van der Waals surface area contributed by atoms with Crippen LogP contribution in [0.1, 0.15) is 326 Å². The maximum atomic E-state index is 6.15. The number of hydrogen-bond acceptors (Lipinski definition) is 6.